The summed E-state index contributed by atoms with van der Waals surface area (Å²) >= 11 is 0. The highest BCUT2D eigenvalue weighted by molar-refractivity contribution is 7.89. The molecule has 2 aliphatic rings. The van der Waals surface area contributed by atoms with E-state index in [-0.39, 0.29) is 35.0 Å². The number of benzene rings is 2. The van der Waals surface area contributed by atoms with E-state index in [2.05, 4.69) is 10.6 Å². The van der Waals surface area contributed by atoms with E-state index in [0.29, 0.717) is 18.5 Å². The second-order valence-corrected chi connectivity index (χ2v) is 9.10. The maximum absolute atomic E-state index is 13.1. The van der Waals surface area contributed by atoms with Gasteiger partial charge in [0, 0.05) is 24.7 Å². The Balaban J connectivity index is 1.39. The molecule has 1 fully saturated rings. The van der Waals surface area contributed by atoms with Gasteiger partial charge in [-0.3, -0.25) is 19.7 Å². The Morgan fingerprint density at radius 1 is 1.00 bits per heavy atom. The van der Waals surface area contributed by atoms with E-state index in [9.17, 15) is 27.2 Å². The van der Waals surface area contributed by atoms with Gasteiger partial charge in [-0.1, -0.05) is 0 Å². The van der Waals surface area contributed by atoms with Gasteiger partial charge in [-0.15, -0.1) is 0 Å². The first-order valence-corrected chi connectivity index (χ1v) is 10.8. The minimum atomic E-state index is -3.75. The molecule has 0 atom stereocenters. The van der Waals surface area contributed by atoms with Gasteiger partial charge in [0.05, 0.1) is 16.0 Å². The molecule has 4 rings (SSSR count). The van der Waals surface area contributed by atoms with Crippen LogP contribution in [0.3, 0.4) is 0 Å². The van der Waals surface area contributed by atoms with Crippen LogP contribution in [0.5, 0.6) is 0 Å². The quantitative estimate of drug-likeness (QED) is 0.717. The zero-order valence-corrected chi connectivity index (χ0v) is 16.5. The molecule has 2 aliphatic heterocycles. The summed E-state index contributed by atoms with van der Waals surface area (Å²) in [5.41, 5.74) is 0.861. The predicted octanol–water partition coefficient (Wildman–Crippen LogP) is 1.75. The van der Waals surface area contributed by atoms with Crippen molar-refractivity contribution in [3.05, 3.63) is 59.4 Å². The average Bonchev–Trinajstić information content (AvgIpc) is 3.01. The number of carbonyl (C=O) groups is 3. The molecule has 0 unspecified atom stereocenters. The van der Waals surface area contributed by atoms with Crippen molar-refractivity contribution < 1.29 is 27.2 Å². The third-order valence-electron chi connectivity index (χ3n) is 5.28. The molecule has 8 nitrogen and oxygen atoms in total. The van der Waals surface area contributed by atoms with Gasteiger partial charge in [-0.2, -0.15) is 4.31 Å². The smallest absolute Gasteiger partial charge is 0.259 e. The third kappa shape index (κ3) is 3.71. The standard InChI is InChI=1S/C20H18FN3O5S/c21-13-1-4-15(5-2-13)30(28,29)24-9-7-12(8-10-24)18(25)22-14-3-6-16-17(11-14)20(27)23-19(16)26/h1-6,11-12H,7-10H2,(H,22,25)(H,23,26,27). The van der Waals surface area contributed by atoms with E-state index in [1.54, 1.807) is 6.07 Å². The monoisotopic (exact) mass is 431 g/mol. The molecule has 156 valence electrons. The van der Waals surface area contributed by atoms with Crippen molar-refractivity contribution in [3.63, 3.8) is 0 Å². The molecule has 0 aliphatic carbocycles. The molecule has 3 amide bonds. The molecule has 2 aromatic rings. The number of hydrogen-bond acceptors (Lipinski definition) is 5. The van der Waals surface area contributed by atoms with Crippen molar-refractivity contribution in [1.82, 2.24) is 9.62 Å². The second-order valence-electron chi connectivity index (χ2n) is 7.17. The van der Waals surface area contributed by atoms with E-state index in [4.69, 9.17) is 0 Å². The van der Waals surface area contributed by atoms with Crippen LogP contribution in [0.25, 0.3) is 0 Å². The molecule has 0 saturated carbocycles. The van der Waals surface area contributed by atoms with E-state index in [1.807, 2.05) is 0 Å². The molecule has 2 heterocycles. The molecule has 2 aromatic carbocycles. The highest BCUT2D eigenvalue weighted by Crippen LogP contribution is 2.26. The zero-order valence-electron chi connectivity index (χ0n) is 15.7. The largest absolute Gasteiger partial charge is 0.326 e. The van der Waals surface area contributed by atoms with E-state index >= 15 is 0 Å². The van der Waals surface area contributed by atoms with Gasteiger partial charge in [0.15, 0.2) is 0 Å². The summed E-state index contributed by atoms with van der Waals surface area (Å²) in [6.45, 7) is 0.331. The fraction of sp³-hybridized carbons (Fsp3) is 0.250. The number of nitrogens with zero attached hydrogens (tertiary/aromatic N) is 1. The average molecular weight is 431 g/mol. The Bertz CT molecular complexity index is 1140. The van der Waals surface area contributed by atoms with Crippen LogP contribution in [0.1, 0.15) is 33.6 Å². The summed E-state index contributed by atoms with van der Waals surface area (Å²) in [6, 6.07) is 9.10. The van der Waals surface area contributed by atoms with E-state index < -0.39 is 33.6 Å². The van der Waals surface area contributed by atoms with Gasteiger partial charge in [-0.05, 0) is 55.3 Å². The first-order chi connectivity index (χ1) is 14.3. The number of imide groups is 1. The van der Waals surface area contributed by atoms with Crippen molar-refractivity contribution in [2.24, 2.45) is 5.92 Å². The zero-order chi connectivity index (χ0) is 21.5. The van der Waals surface area contributed by atoms with Gasteiger partial charge in [0.25, 0.3) is 11.8 Å². The maximum Gasteiger partial charge on any atom is 0.259 e. The number of piperidine rings is 1. The molecule has 0 bridgehead atoms. The molecule has 0 radical (unpaired) electrons. The topological polar surface area (TPSA) is 113 Å². The molecular formula is C20H18FN3O5S. The molecular weight excluding hydrogens is 413 g/mol. The minimum Gasteiger partial charge on any atom is -0.326 e. The number of sulfonamides is 1. The fourth-order valence-electron chi connectivity index (χ4n) is 3.60. The minimum absolute atomic E-state index is 0.0118. The summed E-state index contributed by atoms with van der Waals surface area (Å²) in [5, 5.41) is 4.92. The normalized spacial score (nSPS) is 17.5. The van der Waals surface area contributed by atoms with Crippen molar-refractivity contribution in [1.29, 1.82) is 0 Å². The lowest BCUT2D eigenvalue weighted by Crippen LogP contribution is -2.41. The van der Waals surface area contributed by atoms with Crippen molar-refractivity contribution in [2.75, 3.05) is 18.4 Å². The number of halogens is 1. The fourth-order valence-corrected chi connectivity index (χ4v) is 5.07. The van der Waals surface area contributed by atoms with Gasteiger partial charge < -0.3 is 5.32 Å². The van der Waals surface area contributed by atoms with Gasteiger partial charge in [-0.25, -0.2) is 12.8 Å². The summed E-state index contributed by atoms with van der Waals surface area (Å²) in [4.78, 5) is 36.0. The molecule has 0 aromatic heterocycles. The van der Waals surface area contributed by atoms with Crippen LogP contribution in [0.15, 0.2) is 47.4 Å². The van der Waals surface area contributed by atoms with E-state index in [0.717, 1.165) is 12.1 Å². The molecule has 30 heavy (non-hydrogen) atoms. The van der Waals surface area contributed by atoms with Crippen LogP contribution < -0.4 is 10.6 Å². The third-order valence-corrected chi connectivity index (χ3v) is 7.19. The van der Waals surface area contributed by atoms with Crippen LogP contribution in [0.4, 0.5) is 10.1 Å². The number of fused-ring (bicyclic) bond motifs is 1. The molecule has 2 N–H and O–H groups in total. The first kappa shape index (κ1) is 20.2. The maximum atomic E-state index is 13.1. The van der Waals surface area contributed by atoms with E-state index in [1.165, 1.54) is 28.6 Å². The van der Waals surface area contributed by atoms with Crippen LogP contribution >= 0.6 is 0 Å². The Hall–Kier alpha value is -3.11. The van der Waals surface area contributed by atoms with Gasteiger partial charge in [0.2, 0.25) is 15.9 Å². The summed E-state index contributed by atoms with van der Waals surface area (Å²) < 4.78 is 39.7. The molecule has 1 saturated heterocycles. The van der Waals surface area contributed by atoms with Crippen molar-refractivity contribution in [3.8, 4) is 0 Å². The highest BCUT2D eigenvalue weighted by atomic mass is 32.2. The predicted molar refractivity (Wildman–Crippen MR) is 105 cm³/mol. The molecule has 0 spiro atoms. The van der Waals surface area contributed by atoms with Crippen molar-refractivity contribution in [2.45, 2.75) is 17.7 Å². The number of anilines is 1. The Morgan fingerprint density at radius 2 is 1.63 bits per heavy atom. The van der Waals surface area contributed by atoms with Gasteiger partial charge >= 0.3 is 0 Å². The summed E-state index contributed by atoms with van der Waals surface area (Å²) in [6.07, 6.45) is 0.659. The number of rotatable bonds is 4. The second kappa shape index (κ2) is 7.62. The van der Waals surface area contributed by atoms with Crippen LogP contribution in [-0.4, -0.2) is 43.5 Å². The SMILES string of the molecule is O=C1NC(=O)c2cc(NC(=O)C3CCN(S(=O)(=O)c4ccc(F)cc4)CC3)ccc21. The summed E-state index contributed by atoms with van der Waals surface area (Å²) in [5.74, 6) is -2.17. The number of hydrogen-bond donors (Lipinski definition) is 2. The lowest BCUT2D eigenvalue weighted by Gasteiger charge is -2.30. The van der Waals surface area contributed by atoms with Crippen LogP contribution in [0.2, 0.25) is 0 Å². The number of nitrogens with one attached hydrogen (secondary N) is 2. The summed E-state index contributed by atoms with van der Waals surface area (Å²) in [7, 11) is -3.75. The van der Waals surface area contributed by atoms with Crippen LogP contribution in [0, 0.1) is 11.7 Å². The Labute approximate surface area is 172 Å². The number of carbonyl (C=O) groups excluding carboxylic acids is 3. The molecule has 10 heteroatoms. The lowest BCUT2D eigenvalue weighted by molar-refractivity contribution is -0.120. The van der Waals surface area contributed by atoms with Gasteiger partial charge in [0.1, 0.15) is 5.82 Å². The van der Waals surface area contributed by atoms with Crippen molar-refractivity contribution >= 4 is 33.4 Å². The number of amides is 3. The van der Waals surface area contributed by atoms with Crippen LogP contribution in [-0.2, 0) is 14.8 Å². The Kier molecular flexibility index (Phi) is 5.12. The lowest BCUT2D eigenvalue weighted by atomic mass is 9.97. The first-order valence-electron chi connectivity index (χ1n) is 9.32. The highest BCUT2D eigenvalue weighted by Gasteiger charge is 2.32. The Morgan fingerprint density at radius 3 is 2.30 bits per heavy atom.